The number of likely N-dealkylation sites (N-methyl/N-ethyl adjacent to an activating group) is 1. The lowest BCUT2D eigenvalue weighted by Crippen LogP contribution is -2.48. The maximum atomic E-state index is 13.4. The topological polar surface area (TPSA) is 40.6 Å². The van der Waals surface area contributed by atoms with E-state index < -0.39 is 0 Å². The van der Waals surface area contributed by atoms with Crippen LogP contribution in [-0.2, 0) is 16.0 Å². The number of carbonyl (C=O) groups excluding carboxylic acids is 2. The quantitative estimate of drug-likeness (QED) is 0.443. The van der Waals surface area contributed by atoms with Gasteiger partial charge in [0.2, 0.25) is 11.8 Å². The van der Waals surface area contributed by atoms with E-state index >= 15 is 0 Å². The van der Waals surface area contributed by atoms with Crippen molar-refractivity contribution < 1.29 is 14.0 Å². The van der Waals surface area contributed by atoms with Gasteiger partial charge in [-0.15, -0.1) is 11.8 Å². The van der Waals surface area contributed by atoms with Gasteiger partial charge in [-0.05, 0) is 61.3 Å². The number of thioether (sulfide) groups is 2. The number of rotatable bonds is 10. The van der Waals surface area contributed by atoms with E-state index in [1.165, 1.54) is 12.1 Å². The first-order valence-corrected chi connectivity index (χ1v) is 13.8. The van der Waals surface area contributed by atoms with Gasteiger partial charge in [0, 0.05) is 43.2 Å². The highest BCUT2D eigenvalue weighted by atomic mass is 32.2. The molecular formula is C26H33FN2O2S2. The van der Waals surface area contributed by atoms with Crippen LogP contribution in [0.1, 0.15) is 24.8 Å². The number of nitrogens with zero attached hydrogens (tertiary/aromatic N) is 2. The Morgan fingerprint density at radius 1 is 1.09 bits per heavy atom. The van der Waals surface area contributed by atoms with E-state index in [0.717, 1.165) is 29.1 Å². The molecule has 1 aliphatic rings. The van der Waals surface area contributed by atoms with E-state index in [1.54, 1.807) is 23.5 Å². The molecule has 0 unspecified atom stereocenters. The zero-order valence-electron chi connectivity index (χ0n) is 19.4. The fourth-order valence-corrected chi connectivity index (χ4v) is 5.52. The molecule has 2 amide bonds. The largest absolute Gasteiger partial charge is 0.342 e. The Bertz CT molecular complexity index is 887. The second-order valence-corrected chi connectivity index (χ2v) is 10.5. The minimum Gasteiger partial charge on any atom is -0.342 e. The van der Waals surface area contributed by atoms with E-state index in [9.17, 15) is 14.0 Å². The fraction of sp³-hybridized carbons (Fsp3) is 0.462. The molecule has 178 valence electrons. The smallest absolute Gasteiger partial charge is 0.232 e. The Hall–Kier alpha value is -1.99. The van der Waals surface area contributed by atoms with E-state index in [1.807, 2.05) is 65.6 Å². The maximum Gasteiger partial charge on any atom is 0.232 e. The van der Waals surface area contributed by atoms with Crippen molar-refractivity contribution in [3.63, 3.8) is 0 Å². The lowest BCUT2D eigenvalue weighted by Gasteiger charge is -2.40. The Labute approximate surface area is 205 Å². The number of benzene rings is 2. The van der Waals surface area contributed by atoms with Gasteiger partial charge in [0.1, 0.15) is 5.82 Å². The Morgan fingerprint density at radius 2 is 1.76 bits per heavy atom. The Morgan fingerprint density at radius 3 is 2.39 bits per heavy atom. The van der Waals surface area contributed by atoms with Crippen LogP contribution in [0.3, 0.4) is 0 Å². The van der Waals surface area contributed by atoms with Gasteiger partial charge in [-0.25, -0.2) is 4.39 Å². The number of hydrogen-bond donors (Lipinski definition) is 0. The molecule has 33 heavy (non-hydrogen) atoms. The van der Waals surface area contributed by atoms with Crippen LogP contribution >= 0.6 is 23.5 Å². The van der Waals surface area contributed by atoms with Crippen molar-refractivity contribution in [2.24, 2.45) is 5.92 Å². The van der Waals surface area contributed by atoms with Crippen molar-refractivity contribution in [2.75, 3.05) is 37.9 Å². The summed E-state index contributed by atoms with van der Waals surface area (Å²) < 4.78 is 13.4. The third-order valence-corrected chi connectivity index (χ3v) is 7.92. The van der Waals surface area contributed by atoms with Crippen LogP contribution < -0.4 is 0 Å². The van der Waals surface area contributed by atoms with Crippen LogP contribution in [0.15, 0.2) is 59.5 Å². The van der Waals surface area contributed by atoms with Crippen molar-refractivity contribution in [3.05, 3.63) is 66.0 Å². The summed E-state index contributed by atoms with van der Waals surface area (Å²) in [6.45, 7) is 1.43. The van der Waals surface area contributed by atoms with Gasteiger partial charge >= 0.3 is 0 Å². The summed E-state index contributed by atoms with van der Waals surface area (Å²) in [6, 6.07) is 16.6. The normalized spacial score (nSPS) is 15.3. The molecule has 4 nitrogen and oxygen atoms in total. The standard InChI is InChI=1S/C26H33FN2O2S2/c1-28(25(30)14-17-32-2)24(18-20-8-10-22(27)11-9-20)21-12-15-29(16-13-21)26(31)19-33-23-6-4-3-5-7-23/h3-11,21,24H,12-19H2,1-2H3/t24-/m1/s1. The Kier molecular flexibility index (Phi) is 10.1. The van der Waals surface area contributed by atoms with Crippen molar-refractivity contribution in [2.45, 2.75) is 36.6 Å². The van der Waals surface area contributed by atoms with Crippen LogP contribution in [0.2, 0.25) is 0 Å². The molecule has 0 saturated carbocycles. The average Bonchev–Trinajstić information content (AvgIpc) is 2.85. The number of likely N-dealkylation sites (tertiary alicyclic amines) is 1. The van der Waals surface area contributed by atoms with E-state index in [0.29, 0.717) is 37.6 Å². The second kappa shape index (κ2) is 13.0. The fourth-order valence-electron chi connectivity index (χ4n) is 4.32. The molecule has 1 heterocycles. The predicted molar refractivity (Wildman–Crippen MR) is 136 cm³/mol. The number of amides is 2. The number of piperidine rings is 1. The number of carbonyl (C=O) groups is 2. The molecule has 0 radical (unpaired) electrons. The number of halogens is 1. The molecule has 2 aromatic carbocycles. The first kappa shape index (κ1) is 25.6. The first-order chi connectivity index (χ1) is 16.0. The minimum atomic E-state index is -0.250. The predicted octanol–water partition coefficient (Wildman–Crippen LogP) is 4.98. The van der Waals surface area contributed by atoms with Gasteiger partial charge in [-0.3, -0.25) is 9.59 Å². The lowest BCUT2D eigenvalue weighted by atomic mass is 9.85. The van der Waals surface area contributed by atoms with Gasteiger partial charge in [0.25, 0.3) is 0 Å². The molecule has 0 aromatic heterocycles. The first-order valence-electron chi connectivity index (χ1n) is 11.4. The van der Waals surface area contributed by atoms with E-state index in [2.05, 4.69) is 0 Å². The number of hydrogen-bond acceptors (Lipinski definition) is 4. The maximum absolute atomic E-state index is 13.4. The summed E-state index contributed by atoms with van der Waals surface area (Å²) in [4.78, 5) is 30.5. The van der Waals surface area contributed by atoms with Gasteiger partial charge in [-0.1, -0.05) is 30.3 Å². The van der Waals surface area contributed by atoms with Gasteiger partial charge in [0.15, 0.2) is 0 Å². The molecule has 0 bridgehead atoms. The summed E-state index contributed by atoms with van der Waals surface area (Å²) in [6.07, 6.45) is 4.96. The van der Waals surface area contributed by atoms with Crippen molar-refractivity contribution in [1.82, 2.24) is 9.80 Å². The molecule has 1 saturated heterocycles. The SMILES string of the molecule is CSCCC(=O)N(C)[C@H](Cc1ccc(F)cc1)C1CCN(C(=O)CSc2ccccc2)CC1. The van der Waals surface area contributed by atoms with Crippen molar-refractivity contribution in [3.8, 4) is 0 Å². The molecule has 1 aliphatic heterocycles. The molecule has 0 aliphatic carbocycles. The summed E-state index contributed by atoms with van der Waals surface area (Å²) in [5, 5.41) is 0. The van der Waals surface area contributed by atoms with Gasteiger partial charge in [0.05, 0.1) is 5.75 Å². The van der Waals surface area contributed by atoms with Gasteiger partial charge < -0.3 is 9.80 Å². The van der Waals surface area contributed by atoms with Crippen LogP contribution in [0.5, 0.6) is 0 Å². The van der Waals surface area contributed by atoms with E-state index in [-0.39, 0.29) is 23.7 Å². The van der Waals surface area contributed by atoms with Crippen molar-refractivity contribution >= 4 is 35.3 Å². The third-order valence-electron chi connectivity index (χ3n) is 6.31. The summed E-state index contributed by atoms with van der Waals surface area (Å²) >= 11 is 3.24. The highest BCUT2D eigenvalue weighted by Gasteiger charge is 2.32. The van der Waals surface area contributed by atoms with Crippen LogP contribution in [-0.4, -0.2) is 65.6 Å². The zero-order chi connectivity index (χ0) is 23.6. The minimum absolute atomic E-state index is 0.0424. The molecule has 3 rings (SSSR count). The molecular weight excluding hydrogens is 455 g/mol. The van der Waals surface area contributed by atoms with Crippen molar-refractivity contribution in [1.29, 1.82) is 0 Å². The van der Waals surface area contributed by atoms with Gasteiger partial charge in [-0.2, -0.15) is 11.8 Å². The average molecular weight is 489 g/mol. The second-order valence-electron chi connectivity index (χ2n) is 8.47. The summed E-state index contributed by atoms with van der Waals surface area (Å²) in [5.74, 6) is 1.62. The van der Waals surface area contributed by atoms with Crippen LogP contribution in [0.4, 0.5) is 4.39 Å². The zero-order valence-corrected chi connectivity index (χ0v) is 21.0. The molecule has 2 aromatic rings. The summed E-state index contributed by atoms with van der Waals surface area (Å²) in [7, 11) is 1.89. The molecule has 0 N–H and O–H groups in total. The molecule has 1 atom stereocenters. The lowest BCUT2D eigenvalue weighted by molar-refractivity contribution is -0.135. The van der Waals surface area contributed by atoms with Crippen LogP contribution in [0, 0.1) is 11.7 Å². The molecule has 0 spiro atoms. The molecule has 7 heteroatoms. The molecule has 1 fully saturated rings. The Balaban J connectivity index is 1.60. The monoisotopic (exact) mass is 488 g/mol. The van der Waals surface area contributed by atoms with E-state index in [4.69, 9.17) is 0 Å². The highest BCUT2D eigenvalue weighted by Crippen LogP contribution is 2.28. The third kappa shape index (κ3) is 7.78. The van der Waals surface area contributed by atoms with Crippen LogP contribution in [0.25, 0.3) is 0 Å². The highest BCUT2D eigenvalue weighted by molar-refractivity contribution is 8.00. The summed E-state index contributed by atoms with van der Waals surface area (Å²) in [5.41, 5.74) is 1.03.